The first kappa shape index (κ1) is 15.2. The van der Waals surface area contributed by atoms with E-state index in [1.165, 1.54) is 6.08 Å². The van der Waals surface area contributed by atoms with Crippen LogP contribution in [0, 0.1) is 34.3 Å². The van der Waals surface area contributed by atoms with Crippen LogP contribution in [0.5, 0.6) is 5.75 Å². The fraction of sp³-hybridized carbons (Fsp3) is 0.0588. The van der Waals surface area contributed by atoms with Crippen LogP contribution >= 0.6 is 0 Å². The van der Waals surface area contributed by atoms with Gasteiger partial charge in [0.15, 0.2) is 0 Å². The molecule has 0 aliphatic rings. The predicted octanol–water partition coefficient (Wildman–Crippen LogP) is 3.97. The molecule has 0 atom stereocenters. The molecule has 108 valence electrons. The van der Waals surface area contributed by atoms with Crippen LogP contribution in [0.4, 0.5) is 8.78 Å². The van der Waals surface area contributed by atoms with Crippen molar-refractivity contribution in [3.8, 4) is 17.9 Å². The Hall–Kier alpha value is -3.18. The van der Waals surface area contributed by atoms with Crippen molar-refractivity contribution < 1.29 is 13.5 Å². The van der Waals surface area contributed by atoms with Gasteiger partial charge < -0.3 is 4.74 Å². The number of hydrogen-bond acceptors (Lipinski definition) is 3. The molecule has 5 heteroatoms. The van der Waals surface area contributed by atoms with Gasteiger partial charge in [-0.1, -0.05) is 12.1 Å². The van der Waals surface area contributed by atoms with Crippen molar-refractivity contribution in [1.29, 1.82) is 10.5 Å². The van der Waals surface area contributed by atoms with E-state index in [1.54, 1.807) is 36.4 Å². The maximum Gasteiger partial charge on any atom is 0.130 e. The summed E-state index contributed by atoms with van der Waals surface area (Å²) in [4.78, 5) is 0. The van der Waals surface area contributed by atoms with E-state index in [9.17, 15) is 8.78 Å². The van der Waals surface area contributed by atoms with E-state index >= 15 is 0 Å². The molecule has 0 aliphatic carbocycles. The molecule has 2 aromatic rings. The minimum atomic E-state index is -0.534. The maximum atomic E-state index is 13.4. The monoisotopic (exact) mass is 296 g/mol. The molecule has 0 fully saturated rings. The van der Waals surface area contributed by atoms with Crippen molar-refractivity contribution in [2.45, 2.75) is 6.61 Å². The predicted molar refractivity (Wildman–Crippen MR) is 76.3 cm³/mol. The highest BCUT2D eigenvalue weighted by atomic mass is 19.1. The van der Waals surface area contributed by atoms with Gasteiger partial charge in [0.1, 0.15) is 41.7 Å². The van der Waals surface area contributed by atoms with Crippen LogP contribution in [0.15, 0.2) is 48.0 Å². The summed E-state index contributed by atoms with van der Waals surface area (Å²) in [6.45, 7) is -0.0968. The Morgan fingerprint density at radius 3 is 2.36 bits per heavy atom. The lowest BCUT2D eigenvalue weighted by atomic mass is 10.1. The van der Waals surface area contributed by atoms with Gasteiger partial charge in [0, 0.05) is 5.56 Å². The molecule has 0 saturated carbocycles. The first-order valence-electron chi connectivity index (χ1n) is 6.31. The molecule has 2 rings (SSSR count). The van der Waals surface area contributed by atoms with Crippen molar-refractivity contribution in [3.63, 3.8) is 0 Å². The zero-order valence-electron chi connectivity index (χ0n) is 11.4. The van der Waals surface area contributed by atoms with Crippen LogP contribution in [-0.4, -0.2) is 0 Å². The highest BCUT2D eigenvalue weighted by molar-refractivity contribution is 5.62. The van der Waals surface area contributed by atoms with Gasteiger partial charge in [0.25, 0.3) is 0 Å². The minimum absolute atomic E-state index is 0.00417. The van der Waals surface area contributed by atoms with Crippen molar-refractivity contribution in [1.82, 2.24) is 0 Å². The molecule has 0 saturated heterocycles. The van der Waals surface area contributed by atoms with Gasteiger partial charge in [-0.15, -0.1) is 0 Å². The normalized spacial score (nSPS) is 9.45. The second-order valence-corrected chi connectivity index (χ2v) is 4.38. The standard InChI is InChI=1S/C17H10F2N2O/c18-15-3-6-17(19)14(8-15)11-22-16-4-1-12(2-5-16)7-13(9-20)10-21/h1-8H,11H2. The molecule has 22 heavy (non-hydrogen) atoms. The SMILES string of the molecule is N#CC(C#N)=Cc1ccc(OCc2cc(F)ccc2F)cc1. The topological polar surface area (TPSA) is 56.8 Å². The second kappa shape index (κ2) is 7.01. The van der Waals surface area contributed by atoms with E-state index in [4.69, 9.17) is 15.3 Å². The summed E-state index contributed by atoms with van der Waals surface area (Å²) in [6.07, 6.45) is 1.44. The quantitative estimate of drug-likeness (QED) is 0.802. The summed E-state index contributed by atoms with van der Waals surface area (Å²) in [5.41, 5.74) is 0.790. The lowest BCUT2D eigenvalue weighted by Gasteiger charge is -2.07. The van der Waals surface area contributed by atoms with E-state index in [0.29, 0.717) is 11.3 Å². The number of nitrogens with zero attached hydrogens (tertiary/aromatic N) is 2. The van der Waals surface area contributed by atoms with Crippen LogP contribution in [-0.2, 0) is 6.61 Å². The number of ether oxygens (including phenoxy) is 1. The van der Waals surface area contributed by atoms with Gasteiger partial charge in [-0.3, -0.25) is 0 Å². The third-order valence-electron chi connectivity index (χ3n) is 2.83. The third-order valence-corrected chi connectivity index (χ3v) is 2.83. The summed E-state index contributed by atoms with van der Waals surface area (Å²) >= 11 is 0. The number of halogens is 2. The summed E-state index contributed by atoms with van der Waals surface area (Å²) in [5.74, 6) is -0.592. The Bertz CT molecular complexity index is 768. The summed E-state index contributed by atoms with van der Waals surface area (Å²) in [5, 5.41) is 17.3. The Morgan fingerprint density at radius 2 is 1.73 bits per heavy atom. The first-order valence-corrected chi connectivity index (χ1v) is 6.31. The lowest BCUT2D eigenvalue weighted by Crippen LogP contribution is -1.99. The maximum absolute atomic E-state index is 13.4. The second-order valence-electron chi connectivity index (χ2n) is 4.38. The summed E-state index contributed by atoms with van der Waals surface area (Å²) < 4.78 is 31.9. The molecule has 0 radical (unpaired) electrons. The smallest absolute Gasteiger partial charge is 0.130 e. The highest BCUT2D eigenvalue weighted by Crippen LogP contribution is 2.17. The Balaban J connectivity index is 2.06. The molecule has 0 bridgehead atoms. The highest BCUT2D eigenvalue weighted by Gasteiger charge is 2.05. The fourth-order valence-electron chi connectivity index (χ4n) is 1.73. The van der Waals surface area contributed by atoms with Crippen molar-refractivity contribution in [2.75, 3.05) is 0 Å². The lowest BCUT2D eigenvalue weighted by molar-refractivity contribution is 0.299. The Morgan fingerprint density at radius 1 is 1.05 bits per heavy atom. The molecular formula is C17H10F2N2O. The Labute approximate surface area is 126 Å². The molecule has 0 heterocycles. The average Bonchev–Trinajstić information content (AvgIpc) is 2.54. The molecule has 0 aliphatic heterocycles. The van der Waals surface area contributed by atoms with E-state index in [-0.39, 0.29) is 17.7 Å². The van der Waals surface area contributed by atoms with Crippen LogP contribution in [0.2, 0.25) is 0 Å². The van der Waals surface area contributed by atoms with Gasteiger partial charge in [0.2, 0.25) is 0 Å². The molecule has 0 aromatic heterocycles. The third kappa shape index (κ3) is 3.91. The average molecular weight is 296 g/mol. The molecule has 0 N–H and O–H groups in total. The van der Waals surface area contributed by atoms with Crippen LogP contribution in [0.1, 0.15) is 11.1 Å². The van der Waals surface area contributed by atoms with Crippen LogP contribution < -0.4 is 4.74 Å². The molecular weight excluding hydrogens is 286 g/mol. The van der Waals surface area contributed by atoms with Crippen LogP contribution in [0.25, 0.3) is 6.08 Å². The molecule has 3 nitrogen and oxygen atoms in total. The van der Waals surface area contributed by atoms with Crippen molar-refractivity contribution in [3.05, 3.63) is 70.8 Å². The van der Waals surface area contributed by atoms with E-state index in [1.807, 2.05) is 0 Å². The number of nitriles is 2. The first-order chi connectivity index (χ1) is 10.6. The molecule has 0 amide bonds. The van der Waals surface area contributed by atoms with Gasteiger partial charge in [-0.25, -0.2) is 8.78 Å². The summed E-state index contributed by atoms with van der Waals surface area (Å²) in [6, 6.07) is 13.3. The van der Waals surface area contributed by atoms with Gasteiger partial charge >= 0.3 is 0 Å². The van der Waals surface area contributed by atoms with Crippen molar-refractivity contribution >= 4 is 6.08 Å². The van der Waals surface area contributed by atoms with Crippen LogP contribution in [0.3, 0.4) is 0 Å². The summed E-state index contributed by atoms with van der Waals surface area (Å²) in [7, 11) is 0. The number of benzene rings is 2. The minimum Gasteiger partial charge on any atom is -0.489 e. The van der Waals surface area contributed by atoms with Crippen molar-refractivity contribution in [2.24, 2.45) is 0 Å². The zero-order valence-corrected chi connectivity index (χ0v) is 11.4. The zero-order chi connectivity index (χ0) is 15.9. The van der Waals surface area contributed by atoms with E-state index in [2.05, 4.69) is 0 Å². The fourth-order valence-corrected chi connectivity index (χ4v) is 1.73. The Kier molecular flexibility index (Phi) is 4.85. The van der Waals surface area contributed by atoms with Gasteiger partial charge in [-0.05, 0) is 42.0 Å². The molecule has 2 aromatic carbocycles. The number of hydrogen-bond donors (Lipinski definition) is 0. The van der Waals surface area contributed by atoms with E-state index in [0.717, 1.165) is 18.2 Å². The molecule has 0 spiro atoms. The van der Waals surface area contributed by atoms with Gasteiger partial charge in [0.05, 0.1) is 0 Å². The number of allylic oxidation sites excluding steroid dienone is 1. The van der Waals surface area contributed by atoms with E-state index < -0.39 is 11.6 Å². The number of rotatable bonds is 4. The molecule has 0 unspecified atom stereocenters. The largest absolute Gasteiger partial charge is 0.489 e. The van der Waals surface area contributed by atoms with Gasteiger partial charge in [-0.2, -0.15) is 10.5 Å².